The van der Waals surface area contributed by atoms with Crippen molar-refractivity contribution in [2.24, 2.45) is 0 Å². The lowest BCUT2D eigenvalue weighted by molar-refractivity contribution is -0.121. The Hall–Kier alpha value is -0.590. The summed E-state index contributed by atoms with van der Waals surface area (Å²) in [5.74, 6) is 0. The molecule has 2 nitrogen and oxygen atoms in total. The molecule has 0 aliphatic carbocycles. The summed E-state index contributed by atoms with van der Waals surface area (Å²) < 4.78 is 48.8. The summed E-state index contributed by atoms with van der Waals surface area (Å²) in [6.07, 6.45) is -4.38. The molecule has 1 N–H and O–H groups in total. The monoisotopic (exact) mass is 271 g/mol. The fourth-order valence-electron chi connectivity index (χ4n) is 0.920. The zero-order chi connectivity index (χ0) is 12.3. The largest absolute Gasteiger partial charge is 0.402 e. The molecule has 1 atom stereocenters. The third-order valence-electron chi connectivity index (χ3n) is 1.76. The molecule has 0 saturated carbocycles. The predicted octanol–water partition coefficient (Wildman–Crippen LogP) is 2.82. The topological polar surface area (TPSA) is 29.1 Å². The number of aryl methyl sites for hydroxylation is 1. The average Bonchev–Trinajstić information content (AvgIpc) is 2.17. The molecule has 0 aliphatic rings. The Morgan fingerprint density at radius 3 is 2.56 bits per heavy atom. The average molecular weight is 272 g/mol. The van der Waals surface area contributed by atoms with Crippen molar-refractivity contribution in [2.75, 3.05) is 6.54 Å². The van der Waals surface area contributed by atoms with Crippen molar-refractivity contribution in [1.29, 1.82) is 0 Å². The third-order valence-corrected chi connectivity index (χ3v) is 3.26. The first-order chi connectivity index (χ1) is 7.29. The maximum absolute atomic E-state index is 11.9. The maximum Gasteiger partial charge on any atom is 0.402 e. The molecule has 0 amide bonds. The molecule has 0 saturated heterocycles. The molecule has 0 heterocycles. The van der Waals surface area contributed by atoms with Crippen LogP contribution in [0.4, 0.5) is 13.2 Å². The Labute approximate surface area is 98.4 Å². The van der Waals surface area contributed by atoms with E-state index in [1.165, 1.54) is 12.1 Å². The normalized spacial score (nSPS) is 13.8. The number of alkyl halides is 3. The first-order valence-electron chi connectivity index (χ1n) is 4.28. The number of rotatable bonds is 3. The van der Waals surface area contributed by atoms with Crippen LogP contribution in [-0.4, -0.2) is 16.9 Å². The van der Waals surface area contributed by atoms with Crippen molar-refractivity contribution in [3.63, 3.8) is 0 Å². The van der Waals surface area contributed by atoms with Crippen molar-refractivity contribution in [3.8, 4) is 0 Å². The highest BCUT2D eigenvalue weighted by atomic mass is 35.5. The van der Waals surface area contributed by atoms with Crippen LogP contribution < -0.4 is 4.72 Å². The van der Waals surface area contributed by atoms with Crippen LogP contribution in [0, 0.1) is 6.92 Å². The molecule has 0 spiro atoms. The number of hydrogen-bond donors (Lipinski definition) is 1. The minimum Gasteiger partial charge on any atom is -0.238 e. The van der Waals surface area contributed by atoms with Crippen molar-refractivity contribution in [2.45, 2.75) is 18.0 Å². The van der Waals surface area contributed by atoms with Crippen LogP contribution in [0.1, 0.15) is 5.56 Å². The van der Waals surface area contributed by atoms with E-state index >= 15 is 0 Å². The lowest BCUT2D eigenvalue weighted by Gasteiger charge is -2.08. The third kappa shape index (κ3) is 4.11. The number of halogens is 4. The Morgan fingerprint density at radius 2 is 2.06 bits per heavy atom. The van der Waals surface area contributed by atoms with E-state index in [-0.39, 0.29) is 4.90 Å². The van der Waals surface area contributed by atoms with E-state index in [9.17, 15) is 17.4 Å². The molecular weight excluding hydrogens is 263 g/mol. The second-order valence-electron chi connectivity index (χ2n) is 3.12. The van der Waals surface area contributed by atoms with Gasteiger partial charge in [0.15, 0.2) is 0 Å². The Morgan fingerprint density at radius 1 is 1.44 bits per heavy atom. The maximum atomic E-state index is 11.9. The summed E-state index contributed by atoms with van der Waals surface area (Å²) in [5, 5.41) is 0.375. The van der Waals surface area contributed by atoms with Gasteiger partial charge in [-0.2, -0.15) is 13.2 Å². The van der Waals surface area contributed by atoms with E-state index in [0.29, 0.717) is 5.02 Å². The van der Waals surface area contributed by atoms with Crippen molar-refractivity contribution in [1.82, 2.24) is 4.72 Å². The minimum atomic E-state index is -4.38. The van der Waals surface area contributed by atoms with Crippen molar-refractivity contribution < 1.29 is 17.4 Å². The molecule has 1 aromatic rings. The second-order valence-corrected chi connectivity index (χ2v) is 4.82. The molecule has 16 heavy (non-hydrogen) atoms. The van der Waals surface area contributed by atoms with Crippen LogP contribution in [0.25, 0.3) is 0 Å². The van der Waals surface area contributed by atoms with Crippen LogP contribution >= 0.6 is 11.6 Å². The lowest BCUT2D eigenvalue weighted by atomic mass is 10.2. The van der Waals surface area contributed by atoms with Gasteiger partial charge in [0.1, 0.15) is 17.5 Å². The zero-order valence-electron chi connectivity index (χ0n) is 8.27. The first-order valence-corrected chi connectivity index (χ1v) is 5.80. The Kier molecular flexibility index (Phi) is 4.35. The first kappa shape index (κ1) is 13.5. The van der Waals surface area contributed by atoms with Crippen LogP contribution in [0.3, 0.4) is 0 Å². The highest BCUT2D eigenvalue weighted by Gasteiger charge is 2.27. The molecule has 1 unspecified atom stereocenters. The molecule has 7 heteroatoms. The summed E-state index contributed by atoms with van der Waals surface area (Å²) in [7, 11) is -1.90. The van der Waals surface area contributed by atoms with Gasteiger partial charge in [0, 0.05) is 5.02 Å². The van der Waals surface area contributed by atoms with E-state index in [2.05, 4.69) is 0 Å². The molecule has 1 rings (SSSR count). The predicted molar refractivity (Wildman–Crippen MR) is 56.7 cm³/mol. The van der Waals surface area contributed by atoms with E-state index in [1.54, 1.807) is 13.0 Å². The van der Waals surface area contributed by atoms with Crippen molar-refractivity contribution in [3.05, 3.63) is 28.8 Å². The number of hydrogen-bond acceptors (Lipinski definition) is 1. The van der Waals surface area contributed by atoms with Gasteiger partial charge in [0.25, 0.3) is 0 Å². The molecular formula is C9H9ClF3NOS. The molecule has 90 valence electrons. The van der Waals surface area contributed by atoms with E-state index in [0.717, 1.165) is 5.56 Å². The standard InChI is InChI=1S/C9H9ClF3NOS/c1-6-2-3-7(4-8(6)10)16(15)14-5-9(11,12)13/h2-4,14H,5H2,1H3. The summed E-state index contributed by atoms with van der Waals surface area (Å²) in [6.45, 7) is 0.448. The molecule has 0 radical (unpaired) electrons. The molecule has 0 aliphatic heterocycles. The van der Waals surface area contributed by atoms with Gasteiger partial charge in [0.05, 0.1) is 4.90 Å². The van der Waals surface area contributed by atoms with Crippen molar-refractivity contribution >= 4 is 22.6 Å². The summed E-state index contributed by atoms with van der Waals surface area (Å²) >= 11 is 5.76. The molecule has 0 bridgehead atoms. The number of nitrogens with one attached hydrogen (secondary N) is 1. The van der Waals surface area contributed by atoms with Gasteiger partial charge in [-0.15, -0.1) is 0 Å². The number of benzene rings is 1. The fraction of sp³-hybridized carbons (Fsp3) is 0.333. The van der Waals surface area contributed by atoms with Gasteiger partial charge in [-0.05, 0) is 24.6 Å². The van der Waals surface area contributed by atoms with Gasteiger partial charge in [-0.1, -0.05) is 17.7 Å². The molecule has 1 aromatic carbocycles. The zero-order valence-corrected chi connectivity index (χ0v) is 9.84. The highest BCUT2D eigenvalue weighted by Crippen LogP contribution is 2.19. The van der Waals surface area contributed by atoms with Gasteiger partial charge in [-0.3, -0.25) is 0 Å². The summed E-state index contributed by atoms with van der Waals surface area (Å²) in [6, 6.07) is 4.46. The smallest absolute Gasteiger partial charge is 0.238 e. The minimum absolute atomic E-state index is 0.222. The van der Waals surface area contributed by atoms with E-state index in [1.807, 2.05) is 4.72 Å². The summed E-state index contributed by atoms with van der Waals surface area (Å²) in [4.78, 5) is 0.222. The molecule has 0 fully saturated rings. The van der Waals surface area contributed by atoms with Gasteiger partial charge >= 0.3 is 6.18 Å². The quantitative estimate of drug-likeness (QED) is 0.900. The van der Waals surface area contributed by atoms with Crippen LogP contribution in [0.5, 0.6) is 0 Å². The molecule has 0 aromatic heterocycles. The SMILES string of the molecule is Cc1ccc(S(=O)NCC(F)(F)F)cc1Cl. The Balaban J connectivity index is 2.70. The van der Waals surface area contributed by atoms with Crippen LogP contribution in [-0.2, 0) is 11.0 Å². The van der Waals surface area contributed by atoms with Gasteiger partial charge < -0.3 is 0 Å². The highest BCUT2D eigenvalue weighted by molar-refractivity contribution is 7.83. The van der Waals surface area contributed by atoms with E-state index < -0.39 is 23.7 Å². The lowest BCUT2D eigenvalue weighted by Crippen LogP contribution is -2.30. The Bertz CT molecular complexity index is 408. The fourth-order valence-corrected chi connectivity index (χ4v) is 2.04. The van der Waals surface area contributed by atoms with Crippen LogP contribution in [0.15, 0.2) is 23.1 Å². The van der Waals surface area contributed by atoms with Gasteiger partial charge in [-0.25, -0.2) is 8.93 Å². The summed E-state index contributed by atoms with van der Waals surface area (Å²) in [5.41, 5.74) is 0.776. The van der Waals surface area contributed by atoms with Gasteiger partial charge in [0.2, 0.25) is 0 Å². The van der Waals surface area contributed by atoms with Crippen LogP contribution in [0.2, 0.25) is 5.02 Å². The second kappa shape index (κ2) is 5.16. The van der Waals surface area contributed by atoms with E-state index in [4.69, 9.17) is 11.6 Å².